The van der Waals surface area contributed by atoms with Crippen molar-refractivity contribution in [2.75, 3.05) is 26.0 Å². The zero-order valence-corrected chi connectivity index (χ0v) is 14.1. The van der Waals surface area contributed by atoms with E-state index in [2.05, 4.69) is 51.7 Å². The lowest BCUT2D eigenvalue weighted by molar-refractivity contribution is 0.311. The number of benzene rings is 1. The lowest BCUT2D eigenvalue weighted by atomic mass is 10.1. The minimum Gasteiger partial charge on any atom is -0.367 e. The van der Waals surface area contributed by atoms with Gasteiger partial charge in [-0.25, -0.2) is 0 Å². The summed E-state index contributed by atoms with van der Waals surface area (Å²) in [6, 6.07) is 12.0. The zero-order chi connectivity index (χ0) is 16.4. The fourth-order valence-electron chi connectivity index (χ4n) is 2.48. The van der Waals surface area contributed by atoms with Crippen LogP contribution in [0.1, 0.15) is 17.4 Å². The van der Waals surface area contributed by atoms with E-state index in [1.807, 2.05) is 31.2 Å². The van der Waals surface area contributed by atoms with Gasteiger partial charge in [0.15, 0.2) is 11.5 Å². The third-order valence-corrected chi connectivity index (χ3v) is 4.03. The van der Waals surface area contributed by atoms with Crippen LogP contribution in [0.5, 0.6) is 0 Å². The van der Waals surface area contributed by atoms with Crippen molar-refractivity contribution in [3.05, 3.63) is 52.8 Å². The molecule has 0 aliphatic rings. The van der Waals surface area contributed by atoms with Gasteiger partial charge in [-0.1, -0.05) is 23.7 Å². The first kappa shape index (κ1) is 15.7. The van der Waals surface area contributed by atoms with Crippen LogP contribution in [0.15, 0.2) is 36.4 Å². The lowest BCUT2D eigenvalue weighted by Crippen LogP contribution is -2.27. The number of fused-ring (bicyclic) bond motifs is 1. The van der Waals surface area contributed by atoms with Crippen LogP contribution in [0.25, 0.3) is 5.65 Å². The Hall–Kier alpha value is -2.18. The van der Waals surface area contributed by atoms with Crippen LogP contribution in [0.2, 0.25) is 5.02 Å². The normalized spacial score (nSPS) is 12.7. The van der Waals surface area contributed by atoms with Gasteiger partial charge in [0.2, 0.25) is 0 Å². The van der Waals surface area contributed by atoms with Gasteiger partial charge in [0.05, 0.1) is 6.04 Å². The third-order valence-electron chi connectivity index (χ3n) is 3.77. The molecule has 0 amide bonds. The number of likely N-dealkylation sites (N-methyl/N-ethyl adjacent to an activating group) is 1. The maximum Gasteiger partial charge on any atom is 0.178 e. The van der Waals surface area contributed by atoms with Crippen LogP contribution in [-0.4, -0.2) is 45.4 Å². The van der Waals surface area contributed by atoms with E-state index in [-0.39, 0.29) is 6.04 Å². The van der Waals surface area contributed by atoms with Gasteiger partial charge in [0.1, 0.15) is 5.82 Å². The fourth-order valence-corrected chi connectivity index (χ4v) is 2.60. The van der Waals surface area contributed by atoms with E-state index in [1.165, 1.54) is 5.56 Å². The van der Waals surface area contributed by atoms with Crippen molar-refractivity contribution < 1.29 is 0 Å². The second kappa shape index (κ2) is 6.52. The molecule has 2 aromatic heterocycles. The predicted molar refractivity (Wildman–Crippen MR) is 91.9 cm³/mol. The van der Waals surface area contributed by atoms with Crippen LogP contribution in [0, 0.1) is 6.92 Å². The molecule has 3 rings (SSSR count). The summed E-state index contributed by atoms with van der Waals surface area (Å²) < 4.78 is 1.73. The molecule has 23 heavy (non-hydrogen) atoms. The Balaban J connectivity index is 1.77. The van der Waals surface area contributed by atoms with Crippen LogP contribution in [-0.2, 0) is 0 Å². The van der Waals surface area contributed by atoms with E-state index < -0.39 is 0 Å². The lowest BCUT2D eigenvalue weighted by Gasteiger charge is -2.25. The first-order valence-electron chi connectivity index (χ1n) is 7.39. The Bertz CT molecular complexity index is 796. The molecular formula is C16H19ClN6. The van der Waals surface area contributed by atoms with Crippen LogP contribution < -0.4 is 5.32 Å². The number of nitrogens with one attached hydrogen (secondary N) is 1. The summed E-state index contributed by atoms with van der Waals surface area (Å²) in [5, 5.41) is 16.7. The monoisotopic (exact) mass is 330 g/mol. The van der Waals surface area contributed by atoms with Crippen molar-refractivity contribution in [3.63, 3.8) is 0 Å². The highest BCUT2D eigenvalue weighted by atomic mass is 35.5. The van der Waals surface area contributed by atoms with Crippen molar-refractivity contribution >= 4 is 23.1 Å². The predicted octanol–water partition coefficient (Wildman–Crippen LogP) is 2.80. The van der Waals surface area contributed by atoms with Gasteiger partial charge in [-0.05, 0) is 50.8 Å². The van der Waals surface area contributed by atoms with Gasteiger partial charge in [-0.15, -0.1) is 15.3 Å². The van der Waals surface area contributed by atoms with Crippen LogP contribution in [0.4, 0.5) is 5.82 Å². The molecule has 0 aliphatic heterocycles. The van der Waals surface area contributed by atoms with Crippen LogP contribution >= 0.6 is 11.6 Å². The molecule has 7 heteroatoms. The van der Waals surface area contributed by atoms with E-state index in [1.54, 1.807) is 4.52 Å². The first-order chi connectivity index (χ1) is 11.0. The second-order valence-corrected chi connectivity index (χ2v) is 6.08. The molecule has 6 nitrogen and oxygen atoms in total. The summed E-state index contributed by atoms with van der Waals surface area (Å²) in [4.78, 5) is 2.17. The number of anilines is 1. The maximum atomic E-state index is 5.97. The number of rotatable bonds is 5. The molecule has 1 N–H and O–H groups in total. The summed E-state index contributed by atoms with van der Waals surface area (Å²) in [7, 11) is 4.11. The van der Waals surface area contributed by atoms with Crippen molar-refractivity contribution in [2.24, 2.45) is 0 Å². The quantitative estimate of drug-likeness (QED) is 0.779. The minimum atomic E-state index is 0.215. The van der Waals surface area contributed by atoms with E-state index >= 15 is 0 Å². The topological polar surface area (TPSA) is 58.4 Å². The number of aryl methyl sites for hydroxylation is 1. The molecule has 0 aliphatic carbocycles. The Morgan fingerprint density at radius 3 is 2.57 bits per heavy atom. The molecule has 1 aromatic carbocycles. The number of halogens is 1. The number of aromatic nitrogens is 4. The molecule has 2 heterocycles. The highest BCUT2D eigenvalue weighted by Gasteiger charge is 2.14. The molecule has 0 saturated heterocycles. The van der Waals surface area contributed by atoms with Gasteiger partial charge in [-0.3, -0.25) is 0 Å². The summed E-state index contributed by atoms with van der Waals surface area (Å²) in [6.07, 6.45) is 0. The first-order valence-corrected chi connectivity index (χ1v) is 7.77. The Labute approximate surface area is 140 Å². The Morgan fingerprint density at radius 1 is 1.13 bits per heavy atom. The van der Waals surface area contributed by atoms with Crippen molar-refractivity contribution in [1.29, 1.82) is 0 Å². The minimum absolute atomic E-state index is 0.215. The van der Waals surface area contributed by atoms with Crippen molar-refractivity contribution in [3.8, 4) is 0 Å². The van der Waals surface area contributed by atoms with Gasteiger partial charge in [0.25, 0.3) is 0 Å². The average Bonchev–Trinajstić information content (AvgIpc) is 2.90. The Morgan fingerprint density at radius 2 is 1.87 bits per heavy atom. The van der Waals surface area contributed by atoms with Crippen molar-refractivity contribution in [1.82, 2.24) is 24.7 Å². The molecule has 120 valence electrons. The van der Waals surface area contributed by atoms with Crippen molar-refractivity contribution in [2.45, 2.75) is 13.0 Å². The van der Waals surface area contributed by atoms with Gasteiger partial charge in [-0.2, -0.15) is 4.52 Å². The standard InChI is InChI=1S/C16H19ClN6/c1-11-19-20-16-9-8-15(21-23(11)16)18-10-14(22(2)3)12-4-6-13(17)7-5-12/h4-9,14H,10H2,1-3H3,(H,18,21)/t14-/m0/s1. The molecule has 3 aromatic rings. The highest BCUT2D eigenvalue weighted by molar-refractivity contribution is 6.30. The molecule has 0 spiro atoms. The second-order valence-electron chi connectivity index (χ2n) is 5.65. The zero-order valence-electron chi connectivity index (χ0n) is 13.4. The number of hydrogen-bond acceptors (Lipinski definition) is 5. The summed E-state index contributed by atoms with van der Waals surface area (Å²) in [5.41, 5.74) is 1.95. The van der Waals surface area contributed by atoms with E-state index in [4.69, 9.17) is 11.6 Å². The molecular weight excluding hydrogens is 312 g/mol. The molecule has 0 saturated carbocycles. The van der Waals surface area contributed by atoms with Crippen LogP contribution in [0.3, 0.4) is 0 Å². The molecule has 0 fully saturated rings. The van der Waals surface area contributed by atoms with Gasteiger partial charge < -0.3 is 10.2 Å². The largest absolute Gasteiger partial charge is 0.367 e. The fraction of sp³-hybridized carbons (Fsp3) is 0.312. The van der Waals surface area contributed by atoms with Gasteiger partial charge in [0, 0.05) is 11.6 Å². The Kier molecular flexibility index (Phi) is 4.45. The maximum absolute atomic E-state index is 5.97. The molecule has 0 unspecified atom stereocenters. The smallest absolute Gasteiger partial charge is 0.178 e. The summed E-state index contributed by atoms with van der Waals surface area (Å²) in [5.74, 6) is 1.56. The third kappa shape index (κ3) is 3.43. The molecule has 1 atom stereocenters. The van der Waals surface area contributed by atoms with E-state index in [0.717, 1.165) is 28.9 Å². The summed E-state index contributed by atoms with van der Waals surface area (Å²) >= 11 is 5.97. The SMILES string of the molecule is Cc1nnc2ccc(NC[C@@H](c3ccc(Cl)cc3)N(C)C)nn12. The van der Waals surface area contributed by atoms with Gasteiger partial charge >= 0.3 is 0 Å². The molecule has 0 bridgehead atoms. The van der Waals surface area contributed by atoms with E-state index in [0.29, 0.717) is 0 Å². The number of nitrogens with zero attached hydrogens (tertiary/aromatic N) is 5. The summed E-state index contributed by atoms with van der Waals surface area (Å²) in [6.45, 7) is 2.61. The average molecular weight is 331 g/mol. The number of hydrogen-bond donors (Lipinski definition) is 1. The van der Waals surface area contributed by atoms with E-state index in [9.17, 15) is 0 Å². The molecule has 0 radical (unpaired) electrons. The highest BCUT2D eigenvalue weighted by Crippen LogP contribution is 2.21.